The van der Waals surface area contributed by atoms with E-state index in [1.165, 1.54) is 16.4 Å². The van der Waals surface area contributed by atoms with Crippen LogP contribution in [0, 0.1) is 22.6 Å². The molecular weight excluding hydrogens is 557 g/mol. The van der Waals surface area contributed by atoms with Crippen molar-refractivity contribution in [2.75, 3.05) is 31.9 Å². The summed E-state index contributed by atoms with van der Waals surface area (Å²) < 4.78 is 47.3. The van der Waals surface area contributed by atoms with Crippen LogP contribution in [0.4, 0.5) is 4.39 Å². The molecule has 0 radical (unpaired) electrons. The molecule has 10 heteroatoms. The van der Waals surface area contributed by atoms with Crippen molar-refractivity contribution < 1.29 is 27.1 Å². The highest BCUT2D eigenvalue weighted by molar-refractivity contribution is 7.89. The first-order valence-electron chi connectivity index (χ1n) is 14.3. The fourth-order valence-electron chi connectivity index (χ4n) is 6.89. The third-order valence-electron chi connectivity index (χ3n) is 9.65. The van der Waals surface area contributed by atoms with Gasteiger partial charge in [-0.15, -0.1) is 0 Å². The van der Waals surface area contributed by atoms with Gasteiger partial charge < -0.3 is 9.64 Å². The zero-order valence-corrected chi connectivity index (χ0v) is 24.6. The van der Waals surface area contributed by atoms with Gasteiger partial charge in [0.05, 0.1) is 11.4 Å². The number of ether oxygens (including phenoxy) is 1. The van der Waals surface area contributed by atoms with Crippen molar-refractivity contribution in [2.24, 2.45) is 16.7 Å². The summed E-state index contributed by atoms with van der Waals surface area (Å²) in [6.07, 6.45) is 2.01. The number of benzene rings is 2. The summed E-state index contributed by atoms with van der Waals surface area (Å²) in [5, 5.41) is 0. The smallest absolute Gasteiger partial charge is 0.272 e. The second-order valence-electron chi connectivity index (χ2n) is 12.1. The molecule has 2 bridgehead atoms. The van der Waals surface area contributed by atoms with Gasteiger partial charge in [-0.05, 0) is 84.8 Å². The Labute approximate surface area is 245 Å². The number of amides is 1. The average molecular weight is 592 g/mol. The van der Waals surface area contributed by atoms with Crippen molar-refractivity contribution in [1.82, 2.24) is 14.2 Å². The van der Waals surface area contributed by atoms with E-state index in [9.17, 15) is 22.4 Å². The fourth-order valence-corrected chi connectivity index (χ4v) is 9.09. The van der Waals surface area contributed by atoms with Crippen molar-refractivity contribution >= 4 is 21.7 Å². The van der Waals surface area contributed by atoms with Crippen LogP contribution in [0.3, 0.4) is 0 Å². The molecule has 2 atom stereocenters. The quantitative estimate of drug-likeness (QED) is 0.377. The number of halogens is 1. The molecule has 1 aromatic heterocycles. The Balaban J connectivity index is 1.09. The molecule has 3 aliphatic rings. The number of carbonyl (C=O) groups excluding carboxylic acids is 2. The van der Waals surface area contributed by atoms with Gasteiger partial charge in [0.25, 0.3) is 5.91 Å². The number of nitrogens with zero attached hydrogens (tertiary/aromatic N) is 3. The minimum Gasteiger partial charge on any atom is -0.457 e. The third-order valence-corrected chi connectivity index (χ3v) is 11.7. The van der Waals surface area contributed by atoms with Gasteiger partial charge in [-0.25, -0.2) is 17.8 Å². The molecule has 0 unspecified atom stereocenters. The number of carbonyl (C=O) groups is 2. The number of fused-ring (bicyclic) bond motifs is 2. The standard InChI is InChI=1S/C32H34FN3O5S/c1-31(2)23-14-15-32(31,29(37)20-23)21-42(39,40)36-18-16-35(17-19-36)30(38)28-5-3-4-27(34-28)22-6-10-25(11-7-22)41-26-12-8-24(33)9-13-26/h3-13,23H,14-21H2,1-2H3/t23-,32-/m1/s1. The summed E-state index contributed by atoms with van der Waals surface area (Å²) in [4.78, 5) is 32.5. The predicted molar refractivity (Wildman–Crippen MR) is 156 cm³/mol. The molecule has 42 heavy (non-hydrogen) atoms. The SMILES string of the molecule is CC1(C)[C@@H]2CC[C@@]1(CS(=O)(=O)N1CCN(C(=O)c3cccc(-c4ccc(Oc5ccc(F)cc5)cc4)n3)CC1)C(=O)C2. The van der Waals surface area contributed by atoms with Gasteiger partial charge in [-0.2, -0.15) is 4.31 Å². The molecule has 3 fully saturated rings. The molecule has 0 spiro atoms. The number of hydrogen-bond donors (Lipinski definition) is 0. The minimum absolute atomic E-state index is 0.0853. The number of pyridine rings is 1. The first-order valence-corrected chi connectivity index (χ1v) is 15.9. The number of aromatic nitrogens is 1. The van der Waals surface area contributed by atoms with E-state index in [1.54, 1.807) is 41.3 Å². The Bertz CT molecular complexity index is 1620. The zero-order valence-electron chi connectivity index (χ0n) is 23.8. The van der Waals surface area contributed by atoms with Crippen LogP contribution in [0.2, 0.25) is 0 Å². The summed E-state index contributed by atoms with van der Waals surface area (Å²) in [6.45, 7) is 4.98. The highest BCUT2D eigenvalue weighted by Gasteiger charge is 2.65. The maximum atomic E-state index is 13.5. The van der Waals surface area contributed by atoms with Gasteiger partial charge in [0.2, 0.25) is 10.0 Å². The van der Waals surface area contributed by atoms with Crippen molar-refractivity contribution in [3.8, 4) is 22.8 Å². The van der Waals surface area contributed by atoms with Crippen molar-refractivity contribution in [3.05, 3.63) is 78.2 Å². The van der Waals surface area contributed by atoms with E-state index in [2.05, 4.69) is 4.98 Å². The molecular formula is C32H34FN3O5S. The van der Waals surface area contributed by atoms with Gasteiger partial charge >= 0.3 is 0 Å². The van der Waals surface area contributed by atoms with Gasteiger partial charge in [0, 0.05) is 43.6 Å². The highest BCUT2D eigenvalue weighted by atomic mass is 32.2. The summed E-state index contributed by atoms with van der Waals surface area (Å²) in [5.74, 6) is 0.706. The van der Waals surface area contributed by atoms with E-state index in [4.69, 9.17) is 4.74 Å². The van der Waals surface area contributed by atoms with Crippen molar-refractivity contribution in [2.45, 2.75) is 33.1 Å². The van der Waals surface area contributed by atoms with E-state index in [0.717, 1.165) is 12.0 Å². The van der Waals surface area contributed by atoms with Crippen molar-refractivity contribution in [3.63, 3.8) is 0 Å². The zero-order chi connectivity index (χ0) is 29.7. The van der Waals surface area contributed by atoms with E-state index in [-0.39, 0.29) is 66.5 Å². The van der Waals surface area contributed by atoms with Gasteiger partial charge in [0.1, 0.15) is 28.8 Å². The molecule has 1 saturated heterocycles. The Morgan fingerprint density at radius 3 is 2.21 bits per heavy atom. The van der Waals surface area contributed by atoms with E-state index in [0.29, 0.717) is 30.0 Å². The van der Waals surface area contributed by atoms with Gasteiger partial charge in [0.15, 0.2) is 0 Å². The first-order chi connectivity index (χ1) is 20.0. The molecule has 2 aliphatic carbocycles. The largest absolute Gasteiger partial charge is 0.457 e. The maximum absolute atomic E-state index is 13.5. The van der Waals surface area contributed by atoms with Crippen LogP contribution in [0.25, 0.3) is 11.3 Å². The van der Waals surface area contributed by atoms with Crippen LogP contribution >= 0.6 is 0 Å². The summed E-state index contributed by atoms with van der Waals surface area (Å²) in [6, 6.07) is 18.2. The van der Waals surface area contributed by atoms with Crippen LogP contribution in [0.15, 0.2) is 66.7 Å². The third kappa shape index (κ3) is 5.00. The Morgan fingerprint density at radius 1 is 0.976 bits per heavy atom. The lowest BCUT2D eigenvalue weighted by Gasteiger charge is -2.39. The lowest BCUT2D eigenvalue weighted by Crippen LogP contribution is -2.53. The number of Topliss-reactive ketones (excluding diaryl/α,β-unsaturated/α-hetero) is 1. The Hall–Kier alpha value is -3.63. The summed E-state index contributed by atoms with van der Waals surface area (Å²) in [5.41, 5.74) is 0.573. The topological polar surface area (TPSA) is 96.9 Å². The maximum Gasteiger partial charge on any atom is 0.272 e. The molecule has 2 heterocycles. The molecule has 3 aromatic rings. The molecule has 8 nitrogen and oxygen atoms in total. The predicted octanol–water partition coefficient (Wildman–Crippen LogP) is 5.16. The first kappa shape index (κ1) is 28.5. The number of hydrogen-bond acceptors (Lipinski definition) is 6. The molecule has 1 aliphatic heterocycles. The van der Waals surface area contributed by atoms with Crippen LogP contribution in [-0.4, -0.2) is 66.2 Å². The van der Waals surface area contributed by atoms with Crippen LogP contribution in [0.1, 0.15) is 43.6 Å². The van der Waals surface area contributed by atoms with Gasteiger partial charge in [-0.1, -0.05) is 19.9 Å². The van der Waals surface area contributed by atoms with Crippen LogP contribution < -0.4 is 4.74 Å². The average Bonchev–Trinajstić information content (AvgIpc) is 3.33. The number of sulfonamides is 1. The Morgan fingerprint density at radius 2 is 1.62 bits per heavy atom. The normalized spacial score (nSPS) is 23.7. The molecule has 1 amide bonds. The van der Waals surface area contributed by atoms with Crippen LogP contribution in [-0.2, 0) is 14.8 Å². The number of rotatable bonds is 7. The lowest BCUT2D eigenvalue weighted by atomic mass is 9.70. The molecule has 0 N–H and O–H groups in total. The van der Waals surface area contributed by atoms with Crippen LogP contribution in [0.5, 0.6) is 11.5 Å². The monoisotopic (exact) mass is 591 g/mol. The summed E-state index contributed by atoms with van der Waals surface area (Å²) in [7, 11) is -3.66. The Kier molecular flexibility index (Phi) is 7.17. The lowest BCUT2D eigenvalue weighted by molar-refractivity contribution is -0.128. The number of ketones is 1. The van der Waals surface area contributed by atoms with E-state index >= 15 is 0 Å². The summed E-state index contributed by atoms with van der Waals surface area (Å²) >= 11 is 0. The second-order valence-corrected chi connectivity index (χ2v) is 14.1. The number of piperazine rings is 1. The molecule has 2 aromatic carbocycles. The highest BCUT2D eigenvalue weighted by Crippen LogP contribution is 2.64. The van der Waals surface area contributed by atoms with Crippen molar-refractivity contribution in [1.29, 1.82) is 0 Å². The molecule has 6 rings (SSSR count). The van der Waals surface area contributed by atoms with Gasteiger partial charge in [-0.3, -0.25) is 9.59 Å². The molecule has 2 saturated carbocycles. The van der Waals surface area contributed by atoms with E-state index in [1.807, 2.05) is 32.0 Å². The fraction of sp³-hybridized carbons (Fsp3) is 0.406. The molecule has 220 valence electrons. The minimum atomic E-state index is -3.66. The second kappa shape index (κ2) is 10.6. The van der Waals surface area contributed by atoms with E-state index < -0.39 is 15.4 Å².